The zero-order valence-electron chi connectivity index (χ0n) is 12.3. The largest absolute Gasteiger partial charge is 0.444 e. The van der Waals surface area contributed by atoms with Crippen molar-refractivity contribution in [3.63, 3.8) is 0 Å². The van der Waals surface area contributed by atoms with E-state index in [2.05, 4.69) is 10.3 Å². The summed E-state index contributed by atoms with van der Waals surface area (Å²) in [4.78, 5) is 15.8. The first-order valence-corrected chi connectivity index (χ1v) is 6.59. The number of nitrogens with zero attached hydrogens (tertiary/aromatic N) is 1. The van der Waals surface area contributed by atoms with E-state index in [0.29, 0.717) is 17.1 Å². The van der Waals surface area contributed by atoms with Crippen LogP contribution < -0.4 is 5.32 Å². The summed E-state index contributed by atoms with van der Waals surface area (Å²) < 4.78 is 42.9. The summed E-state index contributed by atoms with van der Waals surface area (Å²) in [5.41, 5.74) is 2.40. The summed E-state index contributed by atoms with van der Waals surface area (Å²) >= 11 is 0. The first-order valence-electron chi connectivity index (χ1n) is 6.59. The average Bonchev–Trinajstić information content (AvgIpc) is 2.85. The minimum Gasteiger partial charge on any atom is -0.444 e. The molecule has 1 N–H and O–H groups in total. The molecule has 0 saturated heterocycles. The number of aromatic nitrogens is 1. The molecule has 1 aromatic heterocycles. The van der Waals surface area contributed by atoms with E-state index >= 15 is 0 Å². The first-order chi connectivity index (χ1) is 10.2. The number of alkyl halides is 3. The molecule has 0 fully saturated rings. The lowest BCUT2D eigenvalue weighted by atomic mass is 10.1. The van der Waals surface area contributed by atoms with Gasteiger partial charge in [-0.3, -0.25) is 4.79 Å². The van der Waals surface area contributed by atoms with Gasteiger partial charge in [0.2, 0.25) is 11.8 Å². The first kappa shape index (κ1) is 16.1. The van der Waals surface area contributed by atoms with Crippen LogP contribution in [0.1, 0.15) is 18.2 Å². The van der Waals surface area contributed by atoms with Gasteiger partial charge in [-0.05, 0) is 38.5 Å². The van der Waals surface area contributed by atoms with Crippen molar-refractivity contribution in [2.24, 2.45) is 5.92 Å². The van der Waals surface area contributed by atoms with Crippen molar-refractivity contribution in [1.29, 1.82) is 0 Å². The molecule has 0 spiro atoms. The monoisotopic (exact) mass is 312 g/mol. The highest BCUT2D eigenvalue weighted by Gasteiger charge is 2.41. The molecule has 22 heavy (non-hydrogen) atoms. The summed E-state index contributed by atoms with van der Waals surface area (Å²) in [5.74, 6) is -2.83. The molecule has 0 aliphatic rings. The Morgan fingerprint density at radius 2 is 2.00 bits per heavy atom. The molecule has 1 amide bonds. The molecular formula is C15H15F3N2O2. The average molecular weight is 312 g/mol. The van der Waals surface area contributed by atoms with Crippen molar-refractivity contribution < 1.29 is 22.4 Å². The molecule has 4 nitrogen and oxygen atoms in total. The van der Waals surface area contributed by atoms with Crippen LogP contribution in [0.2, 0.25) is 0 Å². The van der Waals surface area contributed by atoms with Gasteiger partial charge in [0.15, 0.2) is 0 Å². The van der Waals surface area contributed by atoms with E-state index in [1.165, 1.54) is 12.3 Å². The molecule has 0 aliphatic carbocycles. The van der Waals surface area contributed by atoms with Gasteiger partial charge in [-0.25, -0.2) is 4.98 Å². The predicted molar refractivity (Wildman–Crippen MR) is 75.3 cm³/mol. The maximum atomic E-state index is 12.5. The molecule has 0 bridgehead atoms. The summed E-state index contributed by atoms with van der Waals surface area (Å²) in [7, 11) is 0. The van der Waals surface area contributed by atoms with E-state index in [0.717, 1.165) is 12.5 Å². The molecule has 1 atom stereocenters. The third kappa shape index (κ3) is 3.47. The maximum Gasteiger partial charge on any atom is 0.400 e. The fraction of sp³-hybridized carbons (Fsp3) is 0.333. The van der Waals surface area contributed by atoms with E-state index in [-0.39, 0.29) is 5.69 Å². The van der Waals surface area contributed by atoms with Crippen molar-refractivity contribution >= 4 is 11.6 Å². The van der Waals surface area contributed by atoms with Crippen molar-refractivity contribution in [3.8, 4) is 11.5 Å². The summed E-state index contributed by atoms with van der Waals surface area (Å²) in [6.07, 6.45) is -3.09. The fourth-order valence-corrected chi connectivity index (χ4v) is 1.81. The second kappa shape index (κ2) is 5.82. The number of nitrogens with one attached hydrogen (secondary N) is 1. The minimum absolute atomic E-state index is 0.262. The topological polar surface area (TPSA) is 55.1 Å². The highest BCUT2D eigenvalue weighted by molar-refractivity contribution is 5.93. The predicted octanol–water partition coefficient (Wildman–Crippen LogP) is 4.10. The van der Waals surface area contributed by atoms with Crippen LogP contribution in [0.15, 0.2) is 28.9 Å². The molecule has 0 saturated carbocycles. The van der Waals surface area contributed by atoms with Gasteiger partial charge in [-0.1, -0.05) is 6.07 Å². The Bertz CT molecular complexity index is 692. The normalized spacial score (nSPS) is 13.0. The lowest BCUT2D eigenvalue weighted by Gasteiger charge is -2.15. The second-order valence-corrected chi connectivity index (χ2v) is 5.08. The van der Waals surface area contributed by atoms with E-state index in [4.69, 9.17) is 4.42 Å². The maximum absolute atomic E-state index is 12.5. The minimum atomic E-state index is -4.57. The second-order valence-electron chi connectivity index (χ2n) is 5.08. The van der Waals surface area contributed by atoms with Gasteiger partial charge in [0.05, 0.1) is 5.69 Å². The number of amides is 1. The van der Waals surface area contributed by atoms with Crippen LogP contribution in [0, 0.1) is 19.8 Å². The Morgan fingerprint density at radius 1 is 1.32 bits per heavy atom. The Hall–Kier alpha value is -2.31. The number of rotatable bonds is 3. The van der Waals surface area contributed by atoms with Crippen LogP contribution in [0.3, 0.4) is 0 Å². The number of carbonyl (C=O) groups is 1. The van der Waals surface area contributed by atoms with E-state index < -0.39 is 18.0 Å². The lowest BCUT2D eigenvalue weighted by Crippen LogP contribution is -2.32. The number of halogens is 3. The molecule has 0 radical (unpaired) electrons. The van der Waals surface area contributed by atoms with Crippen molar-refractivity contribution in [1.82, 2.24) is 4.98 Å². The van der Waals surface area contributed by atoms with Gasteiger partial charge in [0.1, 0.15) is 12.2 Å². The van der Waals surface area contributed by atoms with Gasteiger partial charge >= 0.3 is 6.18 Å². The fourth-order valence-electron chi connectivity index (χ4n) is 1.81. The van der Waals surface area contributed by atoms with Crippen LogP contribution in [0.25, 0.3) is 11.5 Å². The highest BCUT2D eigenvalue weighted by atomic mass is 19.4. The Morgan fingerprint density at radius 3 is 2.55 bits per heavy atom. The molecule has 118 valence electrons. The van der Waals surface area contributed by atoms with Crippen molar-refractivity contribution in [2.75, 3.05) is 5.32 Å². The van der Waals surface area contributed by atoms with Gasteiger partial charge in [0, 0.05) is 11.3 Å². The number of anilines is 1. The van der Waals surface area contributed by atoms with E-state index in [9.17, 15) is 18.0 Å². The number of hydrogen-bond donors (Lipinski definition) is 1. The van der Waals surface area contributed by atoms with Gasteiger partial charge < -0.3 is 9.73 Å². The third-order valence-electron chi connectivity index (χ3n) is 3.24. The number of carbonyl (C=O) groups excluding carboxylic acids is 1. The quantitative estimate of drug-likeness (QED) is 0.928. The lowest BCUT2D eigenvalue weighted by molar-refractivity contribution is -0.175. The molecule has 1 heterocycles. The van der Waals surface area contributed by atoms with Gasteiger partial charge in [-0.15, -0.1) is 0 Å². The number of oxazole rings is 1. The summed E-state index contributed by atoms with van der Waals surface area (Å²) in [5, 5.41) is 2.26. The van der Waals surface area contributed by atoms with E-state index in [1.54, 1.807) is 19.1 Å². The summed E-state index contributed by atoms with van der Waals surface area (Å²) in [6.45, 7) is 4.40. The van der Waals surface area contributed by atoms with Gasteiger partial charge in [-0.2, -0.15) is 13.2 Å². The molecule has 1 unspecified atom stereocenters. The number of benzene rings is 1. The smallest absolute Gasteiger partial charge is 0.400 e. The Labute approximate surface area is 125 Å². The van der Waals surface area contributed by atoms with Crippen molar-refractivity contribution in [3.05, 3.63) is 35.7 Å². The zero-order chi connectivity index (χ0) is 16.5. The van der Waals surface area contributed by atoms with Crippen LogP contribution in [-0.4, -0.2) is 17.1 Å². The number of aryl methyl sites for hydroxylation is 2. The van der Waals surface area contributed by atoms with Crippen LogP contribution in [0.4, 0.5) is 18.9 Å². The zero-order valence-corrected chi connectivity index (χ0v) is 12.3. The number of hydrogen-bond acceptors (Lipinski definition) is 3. The molecular weight excluding hydrogens is 297 g/mol. The molecule has 2 rings (SSSR count). The SMILES string of the molecule is Cc1coc(-c2cc(NC(=O)C(C)C(F)(F)F)ccc2C)n1. The van der Waals surface area contributed by atoms with Crippen LogP contribution in [-0.2, 0) is 4.79 Å². The standard InChI is InChI=1S/C15H15F3N2O2/c1-8-4-5-11(20-13(21)10(3)15(16,17)18)6-12(8)14-19-9(2)7-22-14/h4-7,10H,1-3H3,(H,20,21). The Kier molecular flexibility index (Phi) is 4.25. The van der Waals surface area contributed by atoms with Crippen LogP contribution >= 0.6 is 0 Å². The third-order valence-corrected chi connectivity index (χ3v) is 3.24. The molecule has 0 aliphatic heterocycles. The highest BCUT2D eigenvalue weighted by Crippen LogP contribution is 2.29. The molecule has 1 aromatic carbocycles. The molecule has 2 aromatic rings. The van der Waals surface area contributed by atoms with Crippen LogP contribution in [0.5, 0.6) is 0 Å². The summed E-state index contributed by atoms with van der Waals surface area (Å²) in [6, 6.07) is 4.76. The Balaban J connectivity index is 2.25. The van der Waals surface area contributed by atoms with Crippen molar-refractivity contribution in [2.45, 2.75) is 26.9 Å². The van der Waals surface area contributed by atoms with Gasteiger partial charge in [0.25, 0.3) is 0 Å². The molecule has 7 heteroatoms. The van der Waals surface area contributed by atoms with E-state index in [1.807, 2.05) is 6.92 Å².